The average molecular weight is 360 g/mol. The lowest BCUT2D eigenvalue weighted by Crippen LogP contribution is -2.48. The van der Waals surface area contributed by atoms with Gasteiger partial charge >= 0.3 is 0 Å². The predicted molar refractivity (Wildman–Crippen MR) is 103 cm³/mol. The van der Waals surface area contributed by atoms with E-state index >= 15 is 0 Å². The SMILES string of the molecule is CN1CCN(C[C@H]2CC[C@@]3(COCCN(Cc4ccccc4)C3)O2)CC1. The van der Waals surface area contributed by atoms with Gasteiger partial charge in [0.1, 0.15) is 5.60 Å². The van der Waals surface area contributed by atoms with Gasteiger partial charge in [0, 0.05) is 52.4 Å². The van der Waals surface area contributed by atoms with Crippen LogP contribution in [0, 0.1) is 0 Å². The molecule has 3 saturated heterocycles. The smallest absolute Gasteiger partial charge is 0.105 e. The Bertz CT molecular complexity index is 562. The van der Waals surface area contributed by atoms with Gasteiger partial charge < -0.3 is 14.4 Å². The Labute approximate surface area is 157 Å². The Kier molecular flexibility index (Phi) is 5.91. The standard InChI is InChI=1S/C21H33N3O2/c1-22-9-11-23(12-10-22)16-20-7-8-21(26-20)17-24(13-14-25-18-21)15-19-5-3-2-4-6-19/h2-6,20H,7-18H2,1H3/t20-,21-/m1/s1. The molecule has 1 aromatic carbocycles. The van der Waals surface area contributed by atoms with Crippen LogP contribution in [0.25, 0.3) is 0 Å². The van der Waals surface area contributed by atoms with E-state index < -0.39 is 0 Å². The molecule has 5 heteroatoms. The first-order valence-electron chi connectivity index (χ1n) is 10.1. The molecule has 2 atom stereocenters. The third-order valence-electron chi connectivity index (χ3n) is 6.07. The van der Waals surface area contributed by atoms with Crippen molar-refractivity contribution < 1.29 is 9.47 Å². The van der Waals surface area contributed by atoms with Gasteiger partial charge in [-0.1, -0.05) is 30.3 Å². The van der Waals surface area contributed by atoms with Crippen molar-refractivity contribution in [1.82, 2.24) is 14.7 Å². The van der Waals surface area contributed by atoms with Gasteiger partial charge in [-0.05, 0) is 25.5 Å². The summed E-state index contributed by atoms with van der Waals surface area (Å²) in [6, 6.07) is 10.8. The molecule has 0 saturated carbocycles. The van der Waals surface area contributed by atoms with Crippen LogP contribution in [0.4, 0.5) is 0 Å². The number of ether oxygens (including phenoxy) is 2. The Morgan fingerprint density at radius 2 is 1.85 bits per heavy atom. The van der Waals surface area contributed by atoms with Gasteiger partial charge in [-0.2, -0.15) is 0 Å². The number of nitrogens with zero attached hydrogens (tertiary/aromatic N) is 3. The summed E-state index contributed by atoms with van der Waals surface area (Å²) in [6.45, 7) is 10.3. The molecule has 0 bridgehead atoms. The molecule has 0 aromatic heterocycles. The molecular formula is C21H33N3O2. The van der Waals surface area contributed by atoms with E-state index in [1.165, 1.54) is 31.7 Å². The van der Waals surface area contributed by atoms with Gasteiger partial charge in [-0.25, -0.2) is 0 Å². The Morgan fingerprint density at radius 3 is 2.65 bits per heavy atom. The highest BCUT2D eigenvalue weighted by molar-refractivity contribution is 5.14. The van der Waals surface area contributed by atoms with Crippen molar-refractivity contribution in [2.24, 2.45) is 0 Å². The van der Waals surface area contributed by atoms with Gasteiger partial charge in [0.2, 0.25) is 0 Å². The first kappa shape index (κ1) is 18.4. The van der Waals surface area contributed by atoms with E-state index in [4.69, 9.17) is 9.47 Å². The average Bonchev–Trinajstić information content (AvgIpc) is 2.92. The van der Waals surface area contributed by atoms with Crippen molar-refractivity contribution in [3.8, 4) is 0 Å². The largest absolute Gasteiger partial charge is 0.377 e. The number of likely N-dealkylation sites (N-methyl/N-ethyl adjacent to an activating group) is 1. The number of hydrogen-bond donors (Lipinski definition) is 0. The Hall–Kier alpha value is -0.980. The first-order valence-corrected chi connectivity index (χ1v) is 10.1. The second-order valence-corrected chi connectivity index (χ2v) is 8.31. The predicted octanol–water partition coefficient (Wildman–Crippen LogP) is 1.68. The van der Waals surface area contributed by atoms with E-state index in [9.17, 15) is 0 Å². The molecule has 3 aliphatic rings. The second kappa shape index (κ2) is 8.36. The summed E-state index contributed by atoms with van der Waals surface area (Å²) in [5, 5.41) is 0. The fourth-order valence-electron chi connectivity index (χ4n) is 4.53. The summed E-state index contributed by atoms with van der Waals surface area (Å²) in [6.07, 6.45) is 2.64. The van der Waals surface area contributed by atoms with Crippen LogP contribution in [0.3, 0.4) is 0 Å². The van der Waals surface area contributed by atoms with Crippen LogP contribution in [0.5, 0.6) is 0 Å². The van der Waals surface area contributed by atoms with Crippen LogP contribution >= 0.6 is 0 Å². The molecule has 1 spiro atoms. The summed E-state index contributed by atoms with van der Waals surface area (Å²) in [5.41, 5.74) is 1.26. The number of piperazine rings is 1. The summed E-state index contributed by atoms with van der Waals surface area (Å²) in [4.78, 5) is 7.50. The van der Waals surface area contributed by atoms with Crippen molar-refractivity contribution in [1.29, 1.82) is 0 Å². The van der Waals surface area contributed by atoms with Gasteiger partial charge in [-0.3, -0.25) is 9.80 Å². The van der Waals surface area contributed by atoms with E-state index in [1.54, 1.807) is 0 Å². The quantitative estimate of drug-likeness (QED) is 0.816. The molecule has 0 unspecified atom stereocenters. The lowest BCUT2D eigenvalue weighted by molar-refractivity contribution is -0.0938. The van der Waals surface area contributed by atoms with Crippen LogP contribution in [-0.4, -0.2) is 92.5 Å². The minimum atomic E-state index is -0.109. The molecule has 5 nitrogen and oxygen atoms in total. The van der Waals surface area contributed by atoms with E-state index in [0.29, 0.717) is 6.10 Å². The van der Waals surface area contributed by atoms with Crippen molar-refractivity contribution in [2.45, 2.75) is 31.1 Å². The fourth-order valence-corrected chi connectivity index (χ4v) is 4.53. The van der Waals surface area contributed by atoms with Gasteiger partial charge in [0.15, 0.2) is 0 Å². The van der Waals surface area contributed by atoms with Gasteiger partial charge in [0.25, 0.3) is 0 Å². The van der Waals surface area contributed by atoms with Crippen molar-refractivity contribution in [3.63, 3.8) is 0 Å². The minimum absolute atomic E-state index is 0.109. The molecule has 144 valence electrons. The highest BCUT2D eigenvalue weighted by atomic mass is 16.6. The van der Waals surface area contributed by atoms with Crippen LogP contribution in [0.2, 0.25) is 0 Å². The zero-order chi connectivity index (χ0) is 17.8. The molecular weight excluding hydrogens is 326 g/mol. The van der Waals surface area contributed by atoms with Crippen LogP contribution in [0.15, 0.2) is 30.3 Å². The lowest BCUT2D eigenvalue weighted by Gasteiger charge is -2.35. The van der Waals surface area contributed by atoms with Crippen LogP contribution in [0.1, 0.15) is 18.4 Å². The van der Waals surface area contributed by atoms with E-state index in [2.05, 4.69) is 52.1 Å². The zero-order valence-corrected chi connectivity index (χ0v) is 16.1. The third-order valence-corrected chi connectivity index (χ3v) is 6.07. The summed E-state index contributed by atoms with van der Waals surface area (Å²) < 4.78 is 12.6. The van der Waals surface area contributed by atoms with Crippen molar-refractivity contribution >= 4 is 0 Å². The maximum atomic E-state index is 6.65. The lowest BCUT2D eigenvalue weighted by atomic mass is 9.99. The maximum Gasteiger partial charge on any atom is 0.105 e. The Balaban J connectivity index is 1.33. The molecule has 3 aliphatic heterocycles. The maximum absolute atomic E-state index is 6.65. The van der Waals surface area contributed by atoms with E-state index in [1.807, 2.05) is 0 Å². The summed E-state index contributed by atoms with van der Waals surface area (Å²) in [5.74, 6) is 0. The van der Waals surface area contributed by atoms with E-state index in [0.717, 1.165) is 52.2 Å². The van der Waals surface area contributed by atoms with Crippen molar-refractivity contribution in [2.75, 3.05) is 66.1 Å². The molecule has 0 aliphatic carbocycles. The third kappa shape index (κ3) is 4.65. The van der Waals surface area contributed by atoms with E-state index in [-0.39, 0.29) is 5.60 Å². The fraction of sp³-hybridized carbons (Fsp3) is 0.714. The monoisotopic (exact) mass is 359 g/mol. The molecule has 1 aromatic rings. The zero-order valence-electron chi connectivity index (χ0n) is 16.1. The molecule has 3 heterocycles. The number of hydrogen-bond acceptors (Lipinski definition) is 5. The number of rotatable bonds is 4. The van der Waals surface area contributed by atoms with Crippen LogP contribution < -0.4 is 0 Å². The molecule has 4 rings (SSSR count). The number of benzene rings is 1. The van der Waals surface area contributed by atoms with Gasteiger partial charge in [-0.15, -0.1) is 0 Å². The topological polar surface area (TPSA) is 28.2 Å². The molecule has 3 fully saturated rings. The molecule has 0 radical (unpaired) electrons. The van der Waals surface area contributed by atoms with Gasteiger partial charge in [0.05, 0.1) is 19.3 Å². The molecule has 0 amide bonds. The molecule has 26 heavy (non-hydrogen) atoms. The second-order valence-electron chi connectivity index (χ2n) is 8.31. The van der Waals surface area contributed by atoms with Crippen LogP contribution in [-0.2, 0) is 16.0 Å². The Morgan fingerprint density at radius 1 is 1.04 bits per heavy atom. The summed E-state index contributed by atoms with van der Waals surface area (Å²) >= 11 is 0. The normalized spacial score (nSPS) is 32.1. The summed E-state index contributed by atoms with van der Waals surface area (Å²) in [7, 11) is 2.21. The molecule has 0 N–H and O–H groups in total. The first-order chi connectivity index (χ1) is 12.7. The highest BCUT2D eigenvalue weighted by Gasteiger charge is 2.43. The van der Waals surface area contributed by atoms with Crippen molar-refractivity contribution in [3.05, 3.63) is 35.9 Å². The highest BCUT2D eigenvalue weighted by Crippen LogP contribution is 2.34. The minimum Gasteiger partial charge on any atom is -0.377 e.